The summed E-state index contributed by atoms with van der Waals surface area (Å²) in [5.74, 6) is 1.12. The number of hydrogen-bond donors (Lipinski definition) is 1. The van der Waals surface area contributed by atoms with E-state index in [0.29, 0.717) is 11.8 Å². The number of nitrogens with zero attached hydrogens (tertiary/aromatic N) is 2. The molecule has 1 aliphatic rings. The molecular formula is C31H33ClN2O3. The Balaban J connectivity index is 1.43. The normalized spacial score (nSPS) is 15.6. The van der Waals surface area contributed by atoms with Gasteiger partial charge in [-0.1, -0.05) is 37.3 Å². The lowest BCUT2D eigenvalue weighted by Gasteiger charge is -2.32. The number of phenolic OH excluding ortho intramolecular Hbond substituents is 1. The molecule has 0 amide bonds. The Morgan fingerprint density at radius 3 is 2.22 bits per heavy atom. The average Bonchev–Trinajstić information content (AvgIpc) is 3.29. The lowest BCUT2D eigenvalue weighted by molar-refractivity contribution is 0.134. The highest BCUT2D eigenvalue weighted by Crippen LogP contribution is 2.37. The summed E-state index contributed by atoms with van der Waals surface area (Å²) in [7, 11) is 2.17. The number of fused-ring (bicyclic) bond motifs is 1. The van der Waals surface area contributed by atoms with E-state index in [1.165, 1.54) is 5.57 Å². The number of aromatic hydroxyl groups is 1. The molecular weight excluding hydrogens is 484 g/mol. The van der Waals surface area contributed by atoms with E-state index in [9.17, 15) is 5.11 Å². The molecule has 192 valence electrons. The molecule has 37 heavy (non-hydrogen) atoms. The first kappa shape index (κ1) is 25.4. The molecule has 0 spiro atoms. The van der Waals surface area contributed by atoms with Gasteiger partial charge in [-0.2, -0.15) is 0 Å². The van der Waals surface area contributed by atoms with Crippen molar-refractivity contribution in [3.8, 4) is 11.5 Å². The van der Waals surface area contributed by atoms with Crippen LogP contribution in [-0.2, 0) is 0 Å². The van der Waals surface area contributed by atoms with Gasteiger partial charge in [-0.25, -0.2) is 0 Å². The van der Waals surface area contributed by atoms with Crippen LogP contribution in [0.15, 0.2) is 77.2 Å². The molecule has 0 saturated carbocycles. The fourth-order valence-corrected chi connectivity index (χ4v) is 5.15. The Hall–Kier alpha value is -3.25. The Morgan fingerprint density at radius 2 is 1.54 bits per heavy atom. The predicted octanol–water partition coefficient (Wildman–Crippen LogP) is 6.79. The number of piperazine rings is 1. The van der Waals surface area contributed by atoms with E-state index < -0.39 is 0 Å². The number of likely N-dealkylation sites (N-methyl/N-ethyl adjacent to an activating group) is 1. The van der Waals surface area contributed by atoms with Gasteiger partial charge in [0.25, 0.3) is 0 Å². The summed E-state index contributed by atoms with van der Waals surface area (Å²) in [5, 5.41) is 11.3. The molecule has 3 aromatic carbocycles. The van der Waals surface area contributed by atoms with Crippen molar-refractivity contribution >= 4 is 33.7 Å². The molecule has 0 atom stereocenters. The van der Waals surface area contributed by atoms with Gasteiger partial charge in [0.2, 0.25) is 0 Å². The average molecular weight is 517 g/mol. The van der Waals surface area contributed by atoms with Gasteiger partial charge in [0.1, 0.15) is 23.7 Å². The summed E-state index contributed by atoms with van der Waals surface area (Å²) in [6.07, 6.45) is 0.830. The quantitative estimate of drug-likeness (QED) is 0.261. The summed E-state index contributed by atoms with van der Waals surface area (Å²) < 4.78 is 11.7. The maximum absolute atomic E-state index is 9.91. The molecule has 1 aliphatic heterocycles. The number of hydrogen-bond acceptors (Lipinski definition) is 5. The zero-order valence-corrected chi connectivity index (χ0v) is 22.2. The van der Waals surface area contributed by atoms with Crippen LogP contribution in [-0.4, -0.2) is 61.3 Å². The predicted molar refractivity (Wildman–Crippen MR) is 151 cm³/mol. The van der Waals surface area contributed by atoms with Gasteiger partial charge >= 0.3 is 0 Å². The van der Waals surface area contributed by atoms with Crippen molar-refractivity contribution in [2.75, 3.05) is 46.4 Å². The van der Waals surface area contributed by atoms with Crippen molar-refractivity contribution in [1.29, 1.82) is 0 Å². The molecule has 5 rings (SSSR count). The van der Waals surface area contributed by atoms with Gasteiger partial charge in [-0.15, -0.1) is 0 Å². The molecule has 5 nitrogen and oxygen atoms in total. The van der Waals surface area contributed by atoms with Crippen molar-refractivity contribution in [2.45, 2.75) is 13.3 Å². The first-order valence-corrected chi connectivity index (χ1v) is 13.2. The van der Waals surface area contributed by atoms with E-state index in [4.69, 9.17) is 20.8 Å². The van der Waals surface area contributed by atoms with Crippen molar-refractivity contribution in [1.82, 2.24) is 9.80 Å². The second-order valence-corrected chi connectivity index (χ2v) is 9.95. The SMILES string of the molecule is CC/C(=C(/c1ccc(O)cc1)c1ccc(OCCN2CCN(C)CC2)cc1)c1ccc2oc(Cl)cc2c1. The zero-order valence-electron chi connectivity index (χ0n) is 21.4. The Morgan fingerprint density at radius 1 is 0.892 bits per heavy atom. The lowest BCUT2D eigenvalue weighted by Crippen LogP contribution is -2.45. The third-order valence-electron chi connectivity index (χ3n) is 7.06. The van der Waals surface area contributed by atoms with Crippen molar-refractivity contribution in [3.63, 3.8) is 0 Å². The molecule has 1 fully saturated rings. The zero-order chi connectivity index (χ0) is 25.8. The van der Waals surface area contributed by atoms with E-state index >= 15 is 0 Å². The molecule has 1 N–H and O–H groups in total. The van der Waals surface area contributed by atoms with Crippen LogP contribution in [0, 0.1) is 0 Å². The van der Waals surface area contributed by atoms with Crippen LogP contribution in [0.25, 0.3) is 22.1 Å². The molecule has 6 heteroatoms. The smallest absolute Gasteiger partial charge is 0.194 e. The van der Waals surface area contributed by atoms with Gasteiger partial charge in [0, 0.05) is 44.2 Å². The summed E-state index contributed by atoms with van der Waals surface area (Å²) >= 11 is 6.10. The summed E-state index contributed by atoms with van der Waals surface area (Å²) in [4.78, 5) is 4.82. The molecule has 0 bridgehead atoms. The Bertz CT molecular complexity index is 1370. The Kier molecular flexibility index (Phi) is 7.85. The maximum atomic E-state index is 9.91. The first-order chi connectivity index (χ1) is 18.0. The number of furan rings is 1. The van der Waals surface area contributed by atoms with Crippen LogP contribution in [0.4, 0.5) is 0 Å². The minimum Gasteiger partial charge on any atom is -0.508 e. The van der Waals surface area contributed by atoms with Crippen LogP contribution in [0.5, 0.6) is 11.5 Å². The number of rotatable bonds is 8. The van der Waals surface area contributed by atoms with Crippen LogP contribution in [0.3, 0.4) is 0 Å². The van der Waals surface area contributed by atoms with Crippen molar-refractivity contribution < 1.29 is 14.3 Å². The second kappa shape index (κ2) is 11.4. The second-order valence-electron chi connectivity index (χ2n) is 9.57. The highest BCUT2D eigenvalue weighted by molar-refractivity contribution is 6.29. The van der Waals surface area contributed by atoms with E-state index in [1.54, 1.807) is 12.1 Å². The van der Waals surface area contributed by atoms with Gasteiger partial charge in [0.15, 0.2) is 5.22 Å². The fraction of sp³-hybridized carbons (Fsp3) is 0.290. The highest BCUT2D eigenvalue weighted by atomic mass is 35.5. The van der Waals surface area contributed by atoms with Gasteiger partial charge in [-0.3, -0.25) is 4.90 Å². The third-order valence-corrected chi connectivity index (χ3v) is 7.25. The van der Waals surface area contributed by atoms with Crippen molar-refractivity contribution in [2.24, 2.45) is 0 Å². The molecule has 1 saturated heterocycles. The number of phenols is 1. The van der Waals surface area contributed by atoms with E-state index in [1.807, 2.05) is 36.4 Å². The fourth-order valence-electron chi connectivity index (χ4n) is 4.95. The lowest BCUT2D eigenvalue weighted by atomic mass is 9.88. The number of benzene rings is 3. The highest BCUT2D eigenvalue weighted by Gasteiger charge is 2.16. The maximum Gasteiger partial charge on any atom is 0.194 e. The van der Waals surface area contributed by atoms with Gasteiger partial charge in [-0.05, 0) is 89.3 Å². The molecule has 0 radical (unpaired) electrons. The van der Waals surface area contributed by atoms with Crippen molar-refractivity contribution in [3.05, 3.63) is 94.7 Å². The van der Waals surface area contributed by atoms with E-state index in [2.05, 4.69) is 48.0 Å². The summed E-state index contributed by atoms with van der Waals surface area (Å²) in [5.41, 5.74) is 6.36. The number of halogens is 1. The van der Waals surface area contributed by atoms with Crippen LogP contribution in [0.1, 0.15) is 30.0 Å². The monoisotopic (exact) mass is 516 g/mol. The third kappa shape index (κ3) is 6.02. The van der Waals surface area contributed by atoms with Gasteiger partial charge < -0.3 is 19.2 Å². The number of ether oxygens (including phenoxy) is 1. The minimum atomic E-state index is 0.250. The van der Waals surface area contributed by atoms with Crippen LogP contribution < -0.4 is 4.74 Å². The van der Waals surface area contributed by atoms with E-state index in [-0.39, 0.29) is 5.75 Å². The minimum absolute atomic E-state index is 0.250. The van der Waals surface area contributed by atoms with Gasteiger partial charge in [0.05, 0.1) is 0 Å². The van der Waals surface area contributed by atoms with Crippen LogP contribution in [0.2, 0.25) is 5.22 Å². The first-order valence-electron chi connectivity index (χ1n) is 12.9. The summed E-state index contributed by atoms with van der Waals surface area (Å²) in [6, 6.07) is 23.8. The Labute approximate surface area is 223 Å². The number of allylic oxidation sites excluding steroid dienone is 1. The molecule has 4 aromatic rings. The largest absolute Gasteiger partial charge is 0.508 e. The summed E-state index contributed by atoms with van der Waals surface area (Å²) in [6.45, 7) is 8.19. The standard InChI is InChI=1S/C31H33ClN2O3/c1-3-28(24-8-13-29-25(20-24)21-30(32)37-29)31(22-4-9-26(35)10-5-22)23-6-11-27(12-7-23)36-19-18-34-16-14-33(2)15-17-34/h4-13,20-21,35H,3,14-19H2,1-2H3/b31-28+. The molecule has 0 unspecified atom stereocenters. The molecule has 1 aromatic heterocycles. The van der Waals surface area contributed by atoms with E-state index in [0.717, 1.165) is 78.1 Å². The van der Waals surface area contributed by atoms with Crippen LogP contribution >= 0.6 is 11.6 Å². The topological polar surface area (TPSA) is 49.1 Å². The molecule has 2 heterocycles. The molecule has 0 aliphatic carbocycles.